The van der Waals surface area contributed by atoms with Crippen molar-refractivity contribution in [2.24, 2.45) is 11.0 Å². The predicted molar refractivity (Wildman–Crippen MR) is 61.1 cm³/mol. The van der Waals surface area contributed by atoms with E-state index in [9.17, 15) is 0 Å². The fraction of sp³-hybridized carbons (Fsp3) is 0.909. The third-order valence-corrected chi connectivity index (χ3v) is 2.62. The third-order valence-electron chi connectivity index (χ3n) is 2.62. The highest BCUT2D eigenvalue weighted by Gasteiger charge is 2.33. The largest absolute Gasteiger partial charge is 0.337 e. The minimum atomic E-state index is 0.426. The van der Waals surface area contributed by atoms with Crippen LogP contribution in [0.5, 0.6) is 0 Å². The minimum absolute atomic E-state index is 0.426. The molecular formula is C11H23N3. The molecule has 0 bridgehead atoms. The Bertz CT molecular complexity index is 191. The summed E-state index contributed by atoms with van der Waals surface area (Å²) in [5, 5.41) is 6.67. The van der Waals surface area contributed by atoms with E-state index in [-0.39, 0.29) is 0 Å². The van der Waals surface area contributed by atoms with Crippen LogP contribution in [0.15, 0.2) is 5.10 Å². The number of rotatable bonds is 3. The summed E-state index contributed by atoms with van der Waals surface area (Å²) in [6, 6.07) is 0.997. The van der Waals surface area contributed by atoms with Crippen LogP contribution in [-0.2, 0) is 0 Å². The van der Waals surface area contributed by atoms with Crippen molar-refractivity contribution in [2.75, 3.05) is 0 Å². The maximum atomic E-state index is 4.47. The van der Waals surface area contributed by atoms with Crippen molar-refractivity contribution in [3.05, 3.63) is 0 Å². The summed E-state index contributed by atoms with van der Waals surface area (Å²) in [5.74, 6) is 0.599. The zero-order chi connectivity index (χ0) is 10.9. The first-order valence-corrected chi connectivity index (χ1v) is 5.55. The molecule has 1 aliphatic rings. The van der Waals surface area contributed by atoms with Crippen molar-refractivity contribution in [1.29, 1.82) is 0 Å². The van der Waals surface area contributed by atoms with E-state index in [4.69, 9.17) is 0 Å². The quantitative estimate of drug-likeness (QED) is 0.691. The zero-order valence-corrected chi connectivity index (χ0v) is 10.2. The molecule has 0 aromatic rings. The molecular weight excluding hydrogens is 174 g/mol. The van der Waals surface area contributed by atoms with Crippen molar-refractivity contribution < 1.29 is 0 Å². The highest BCUT2D eigenvalue weighted by Crippen LogP contribution is 2.23. The molecule has 0 amide bonds. The first-order chi connectivity index (χ1) is 6.45. The molecule has 3 nitrogen and oxygen atoms in total. The standard InChI is InChI=1S/C11H23N3/c1-8(2)11-13(9(3)4)7-12-14(11)10(5)6/h7-11H,1-6H3. The van der Waals surface area contributed by atoms with Crippen molar-refractivity contribution in [3.63, 3.8) is 0 Å². The molecule has 82 valence electrons. The van der Waals surface area contributed by atoms with Gasteiger partial charge in [-0.25, -0.2) is 0 Å². The van der Waals surface area contributed by atoms with Crippen LogP contribution in [0.25, 0.3) is 0 Å². The van der Waals surface area contributed by atoms with E-state index in [2.05, 4.69) is 56.6 Å². The number of hydrogen-bond donors (Lipinski definition) is 0. The summed E-state index contributed by atoms with van der Waals surface area (Å²) in [6.45, 7) is 13.3. The van der Waals surface area contributed by atoms with Gasteiger partial charge >= 0.3 is 0 Å². The van der Waals surface area contributed by atoms with Gasteiger partial charge in [-0.15, -0.1) is 0 Å². The second kappa shape index (κ2) is 4.20. The Morgan fingerprint density at radius 1 is 1.00 bits per heavy atom. The molecule has 14 heavy (non-hydrogen) atoms. The van der Waals surface area contributed by atoms with Gasteiger partial charge in [0.15, 0.2) is 0 Å². The number of hydrogen-bond acceptors (Lipinski definition) is 3. The van der Waals surface area contributed by atoms with Gasteiger partial charge in [0, 0.05) is 12.1 Å². The minimum Gasteiger partial charge on any atom is -0.337 e. The van der Waals surface area contributed by atoms with Crippen molar-refractivity contribution in [1.82, 2.24) is 9.91 Å². The first kappa shape index (κ1) is 11.3. The highest BCUT2D eigenvalue weighted by molar-refractivity contribution is 5.57. The fourth-order valence-electron chi connectivity index (χ4n) is 1.92. The third kappa shape index (κ3) is 2.02. The number of nitrogens with zero attached hydrogens (tertiary/aromatic N) is 3. The number of hydrazone groups is 1. The lowest BCUT2D eigenvalue weighted by Crippen LogP contribution is -2.48. The first-order valence-electron chi connectivity index (χ1n) is 5.55. The van der Waals surface area contributed by atoms with E-state index in [1.165, 1.54) is 0 Å². The molecule has 3 heteroatoms. The van der Waals surface area contributed by atoms with Crippen LogP contribution >= 0.6 is 0 Å². The Balaban J connectivity index is 2.79. The van der Waals surface area contributed by atoms with Crippen LogP contribution in [0.3, 0.4) is 0 Å². The van der Waals surface area contributed by atoms with E-state index in [0.29, 0.717) is 24.2 Å². The normalized spacial score (nSPS) is 22.2. The molecule has 0 fully saturated rings. The summed E-state index contributed by atoms with van der Waals surface area (Å²) >= 11 is 0. The molecule has 1 atom stereocenters. The van der Waals surface area contributed by atoms with Crippen molar-refractivity contribution in [2.45, 2.75) is 59.8 Å². The van der Waals surface area contributed by atoms with Crippen LogP contribution in [0.4, 0.5) is 0 Å². The Kier molecular flexibility index (Phi) is 3.40. The Labute approximate surface area is 87.8 Å². The zero-order valence-electron chi connectivity index (χ0n) is 10.2. The summed E-state index contributed by atoms with van der Waals surface area (Å²) in [7, 11) is 0. The summed E-state index contributed by atoms with van der Waals surface area (Å²) in [6.07, 6.45) is 2.41. The molecule has 1 heterocycles. The lowest BCUT2D eigenvalue weighted by Gasteiger charge is -2.37. The second-order valence-electron chi connectivity index (χ2n) is 4.90. The van der Waals surface area contributed by atoms with Gasteiger partial charge in [0.25, 0.3) is 0 Å². The predicted octanol–water partition coefficient (Wildman–Crippen LogP) is 2.35. The van der Waals surface area contributed by atoms with E-state index in [0.717, 1.165) is 0 Å². The molecule has 0 aromatic carbocycles. The molecule has 0 saturated heterocycles. The molecule has 0 spiro atoms. The average molecular weight is 197 g/mol. The van der Waals surface area contributed by atoms with Crippen LogP contribution in [0.1, 0.15) is 41.5 Å². The SMILES string of the molecule is CC(C)C1N(C(C)C)C=NN1C(C)C. The van der Waals surface area contributed by atoms with Gasteiger partial charge in [0.2, 0.25) is 0 Å². The average Bonchev–Trinajstić information content (AvgIpc) is 2.46. The van der Waals surface area contributed by atoms with E-state index in [1.807, 2.05) is 6.34 Å². The smallest absolute Gasteiger partial charge is 0.122 e. The van der Waals surface area contributed by atoms with Gasteiger partial charge < -0.3 is 4.90 Å². The monoisotopic (exact) mass is 197 g/mol. The molecule has 0 aliphatic carbocycles. The van der Waals surface area contributed by atoms with Gasteiger partial charge in [0.05, 0.1) is 0 Å². The molecule has 1 unspecified atom stereocenters. The second-order valence-corrected chi connectivity index (χ2v) is 4.90. The Morgan fingerprint density at radius 2 is 1.57 bits per heavy atom. The molecule has 0 radical (unpaired) electrons. The topological polar surface area (TPSA) is 18.8 Å². The molecule has 1 rings (SSSR count). The van der Waals surface area contributed by atoms with Crippen LogP contribution in [-0.4, -0.2) is 34.5 Å². The van der Waals surface area contributed by atoms with E-state index < -0.39 is 0 Å². The van der Waals surface area contributed by atoms with Crippen molar-refractivity contribution >= 4 is 6.34 Å². The van der Waals surface area contributed by atoms with Crippen LogP contribution in [0, 0.1) is 5.92 Å². The van der Waals surface area contributed by atoms with Gasteiger partial charge in [-0.1, -0.05) is 13.8 Å². The molecule has 0 aromatic heterocycles. The summed E-state index contributed by atoms with van der Waals surface area (Å²) in [5.41, 5.74) is 0. The summed E-state index contributed by atoms with van der Waals surface area (Å²) in [4.78, 5) is 2.34. The Morgan fingerprint density at radius 3 is 1.93 bits per heavy atom. The molecule has 0 saturated carbocycles. The van der Waals surface area contributed by atoms with Gasteiger partial charge in [-0.05, 0) is 33.6 Å². The maximum Gasteiger partial charge on any atom is 0.122 e. The fourth-order valence-corrected chi connectivity index (χ4v) is 1.92. The molecule has 0 N–H and O–H groups in total. The van der Waals surface area contributed by atoms with Gasteiger partial charge in [-0.3, -0.25) is 5.01 Å². The van der Waals surface area contributed by atoms with Crippen LogP contribution < -0.4 is 0 Å². The summed E-state index contributed by atoms with van der Waals surface area (Å²) < 4.78 is 0. The lowest BCUT2D eigenvalue weighted by atomic mass is 10.1. The van der Waals surface area contributed by atoms with Crippen LogP contribution in [0.2, 0.25) is 0 Å². The van der Waals surface area contributed by atoms with E-state index >= 15 is 0 Å². The van der Waals surface area contributed by atoms with E-state index in [1.54, 1.807) is 0 Å². The van der Waals surface area contributed by atoms with Gasteiger partial charge in [-0.2, -0.15) is 5.10 Å². The maximum absolute atomic E-state index is 4.47. The van der Waals surface area contributed by atoms with Crippen molar-refractivity contribution in [3.8, 4) is 0 Å². The highest BCUT2D eigenvalue weighted by atomic mass is 15.6. The Hall–Kier alpha value is -0.730. The molecule has 1 aliphatic heterocycles. The van der Waals surface area contributed by atoms with Gasteiger partial charge in [0.1, 0.15) is 12.5 Å². The lowest BCUT2D eigenvalue weighted by molar-refractivity contribution is 0.0498.